The SMILES string of the molecule is O=C(C1CNCc2ccccc21)N1CCC(CO)CC1. The van der Waals surface area contributed by atoms with E-state index in [0.29, 0.717) is 5.92 Å². The number of nitrogens with one attached hydrogen (secondary N) is 1. The fourth-order valence-corrected chi connectivity index (χ4v) is 3.27. The molecule has 2 aliphatic heterocycles. The summed E-state index contributed by atoms with van der Waals surface area (Å²) in [6.07, 6.45) is 1.84. The van der Waals surface area contributed by atoms with Crippen molar-refractivity contribution in [2.75, 3.05) is 26.2 Å². The summed E-state index contributed by atoms with van der Waals surface area (Å²) < 4.78 is 0. The van der Waals surface area contributed by atoms with Crippen molar-refractivity contribution >= 4 is 5.91 Å². The first-order valence-corrected chi connectivity index (χ1v) is 7.47. The number of fused-ring (bicyclic) bond motifs is 1. The van der Waals surface area contributed by atoms with Gasteiger partial charge in [-0.3, -0.25) is 4.79 Å². The zero-order chi connectivity index (χ0) is 13.9. The average molecular weight is 274 g/mol. The normalized spacial score (nSPS) is 23.4. The molecule has 1 aromatic carbocycles. The van der Waals surface area contributed by atoms with Crippen LogP contribution in [0.4, 0.5) is 0 Å². The summed E-state index contributed by atoms with van der Waals surface area (Å²) in [5.74, 6) is 0.558. The Labute approximate surface area is 119 Å². The third-order valence-corrected chi connectivity index (χ3v) is 4.58. The Morgan fingerprint density at radius 3 is 2.80 bits per heavy atom. The van der Waals surface area contributed by atoms with Crippen molar-refractivity contribution in [1.29, 1.82) is 0 Å². The van der Waals surface area contributed by atoms with Crippen molar-refractivity contribution in [1.82, 2.24) is 10.2 Å². The third-order valence-electron chi connectivity index (χ3n) is 4.58. The van der Waals surface area contributed by atoms with Gasteiger partial charge in [-0.2, -0.15) is 0 Å². The smallest absolute Gasteiger partial charge is 0.231 e. The molecular formula is C16H22N2O2. The van der Waals surface area contributed by atoms with E-state index >= 15 is 0 Å². The first kappa shape index (κ1) is 13.6. The molecule has 1 atom stereocenters. The Morgan fingerprint density at radius 1 is 1.30 bits per heavy atom. The lowest BCUT2D eigenvalue weighted by molar-refractivity contribution is -0.134. The summed E-state index contributed by atoms with van der Waals surface area (Å²) in [5.41, 5.74) is 2.42. The van der Waals surface area contributed by atoms with Crippen molar-refractivity contribution in [3.05, 3.63) is 35.4 Å². The van der Waals surface area contributed by atoms with E-state index in [2.05, 4.69) is 17.4 Å². The second-order valence-corrected chi connectivity index (χ2v) is 5.83. The largest absolute Gasteiger partial charge is 0.396 e. The monoisotopic (exact) mass is 274 g/mol. The molecule has 0 spiro atoms. The maximum Gasteiger partial charge on any atom is 0.231 e. The van der Waals surface area contributed by atoms with Gasteiger partial charge in [-0.1, -0.05) is 24.3 Å². The number of aliphatic hydroxyl groups is 1. The molecule has 1 unspecified atom stereocenters. The maximum atomic E-state index is 12.7. The van der Waals surface area contributed by atoms with E-state index in [1.165, 1.54) is 11.1 Å². The van der Waals surface area contributed by atoms with Crippen LogP contribution in [0.5, 0.6) is 0 Å². The van der Waals surface area contributed by atoms with Crippen LogP contribution < -0.4 is 5.32 Å². The Balaban J connectivity index is 1.72. The molecule has 1 amide bonds. The van der Waals surface area contributed by atoms with Crippen molar-refractivity contribution in [3.8, 4) is 0 Å². The van der Waals surface area contributed by atoms with Gasteiger partial charge in [-0.15, -0.1) is 0 Å². The number of hydrogen-bond donors (Lipinski definition) is 2. The molecule has 108 valence electrons. The summed E-state index contributed by atoms with van der Waals surface area (Å²) in [4.78, 5) is 14.7. The van der Waals surface area contributed by atoms with Crippen LogP contribution >= 0.6 is 0 Å². The minimum absolute atomic E-state index is 0.0503. The molecule has 4 heteroatoms. The summed E-state index contributed by atoms with van der Waals surface area (Å²) >= 11 is 0. The van der Waals surface area contributed by atoms with Gasteiger partial charge < -0.3 is 15.3 Å². The Bertz CT molecular complexity index is 481. The number of amides is 1. The minimum atomic E-state index is -0.0503. The first-order valence-electron chi connectivity index (χ1n) is 7.47. The quantitative estimate of drug-likeness (QED) is 0.849. The van der Waals surface area contributed by atoms with E-state index in [0.717, 1.165) is 39.0 Å². The second kappa shape index (κ2) is 5.94. The van der Waals surface area contributed by atoms with Gasteiger partial charge >= 0.3 is 0 Å². The minimum Gasteiger partial charge on any atom is -0.396 e. The fraction of sp³-hybridized carbons (Fsp3) is 0.562. The van der Waals surface area contributed by atoms with E-state index < -0.39 is 0 Å². The van der Waals surface area contributed by atoms with Crippen molar-refractivity contribution in [2.45, 2.75) is 25.3 Å². The number of carbonyl (C=O) groups is 1. The Kier molecular flexibility index (Phi) is 4.03. The van der Waals surface area contributed by atoms with Gasteiger partial charge in [0.25, 0.3) is 0 Å². The molecule has 0 saturated carbocycles. The second-order valence-electron chi connectivity index (χ2n) is 5.83. The highest BCUT2D eigenvalue weighted by atomic mass is 16.3. The van der Waals surface area contributed by atoms with Gasteiger partial charge in [-0.05, 0) is 29.9 Å². The standard InChI is InChI=1S/C16H22N2O2/c19-11-12-5-7-18(8-6-12)16(20)15-10-17-9-13-3-1-2-4-14(13)15/h1-4,12,15,17,19H,5-11H2. The molecule has 0 aliphatic carbocycles. The van der Waals surface area contributed by atoms with E-state index in [4.69, 9.17) is 0 Å². The topological polar surface area (TPSA) is 52.6 Å². The predicted molar refractivity (Wildman–Crippen MR) is 77.3 cm³/mol. The molecule has 4 nitrogen and oxygen atoms in total. The summed E-state index contributed by atoms with van der Waals surface area (Å²) in [7, 11) is 0. The van der Waals surface area contributed by atoms with Gasteiger partial charge in [0.2, 0.25) is 5.91 Å². The summed E-state index contributed by atoms with van der Waals surface area (Å²) in [5, 5.41) is 12.5. The number of likely N-dealkylation sites (tertiary alicyclic amines) is 1. The number of benzene rings is 1. The van der Waals surface area contributed by atoms with Crippen molar-refractivity contribution < 1.29 is 9.90 Å². The van der Waals surface area contributed by atoms with E-state index in [-0.39, 0.29) is 18.4 Å². The van der Waals surface area contributed by atoms with Gasteiger partial charge in [-0.25, -0.2) is 0 Å². The van der Waals surface area contributed by atoms with Crippen molar-refractivity contribution in [3.63, 3.8) is 0 Å². The van der Waals surface area contributed by atoms with Crippen molar-refractivity contribution in [2.24, 2.45) is 5.92 Å². The Morgan fingerprint density at radius 2 is 2.05 bits per heavy atom. The summed E-state index contributed by atoms with van der Waals surface area (Å²) in [6, 6.07) is 8.22. The first-order chi connectivity index (χ1) is 9.79. The van der Waals surface area contributed by atoms with Crippen LogP contribution in [0.15, 0.2) is 24.3 Å². The lowest BCUT2D eigenvalue weighted by Gasteiger charge is -2.35. The molecule has 1 fully saturated rings. The highest BCUT2D eigenvalue weighted by Gasteiger charge is 2.31. The molecule has 1 aromatic rings. The number of carbonyl (C=O) groups excluding carboxylic acids is 1. The third kappa shape index (κ3) is 2.58. The lowest BCUT2D eigenvalue weighted by Crippen LogP contribution is -2.45. The maximum absolute atomic E-state index is 12.7. The van der Waals surface area contributed by atoms with Crippen LogP contribution in [0, 0.1) is 5.92 Å². The molecule has 0 radical (unpaired) electrons. The Hall–Kier alpha value is -1.39. The number of nitrogens with zero attached hydrogens (tertiary/aromatic N) is 1. The molecule has 20 heavy (non-hydrogen) atoms. The zero-order valence-electron chi connectivity index (χ0n) is 11.7. The van der Waals surface area contributed by atoms with Gasteiger partial charge in [0.15, 0.2) is 0 Å². The van der Waals surface area contributed by atoms with Gasteiger partial charge in [0.05, 0.1) is 5.92 Å². The molecule has 3 rings (SSSR count). The lowest BCUT2D eigenvalue weighted by atomic mass is 9.88. The predicted octanol–water partition coefficient (Wildman–Crippen LogP) is 1.10. The van der Waals surface area contributed by atoms with Crippen LogP contribution in [0.1, 0.15) is 29.9 Å². The molecule has 2 heterocycles. The fourth-order valence-electron chi connectivity index (χ4n) is 3.27. The molecule has 0 bridgehead atoms. The van der Waals surface area contributed by atoms with Crippen LogP contribution in [-0.4, -0.2) is 42.2 Å². The zero-order valence-corrected chi connectivity index (χ0v) is 11.7. The number of hydrogen-bond acceptors (Lipinski definition) is 3. The van der Waals surface area contributed by atoms with Crippen LogP contribution in [0.2, 0.25) is 0 Å². The number of rotatable bonds is 2. The van der Waals surface area contributed by atoms with Crippen LogP contribution in [0.25, 0.3) is 0 Å². The van der Waals surface area contributed by atoms with E-state index in [1.807, 2.05) is 17.0 Å². The number of piperidine rings is 1. The molecule has 2 N–H and O–H groups in total. The highest BCUT2D eigenvalue weighted by Crippen LogP contribution is 2.27. The highest BCUT2D eigenvalue weighted by molar-refractivity contribution is 5.84. The molecular weight excluding hydrogens is 252 g/mol. The van der Waals surface area contributed by atoms with Gasteiger partial charge in [0.1, 0.15) is 0 Å². The van der Waals surface area contributed by atoms with Gasteiger partial charge in [0, 0.05) is 32.8 Å². The number of aliphatic hydroxyl groups excluding tert-OH is 1. The van der Waals surface area contributed by atoms with E-state index in [1.54, 1.807) is 0 Å². The molecule has 2 aliphatic rings. The summed E-state index contributed by atoms with van der Waals surface area (Å²) in [6.45, 7) is 3.39. The van der Waals surface area contributed by atoms with Crippen LogP contribution in [-0.2, 0) is 11.3 Å². The average Bonchev–Trinajstić information content (AvgIpc) is 2.54. The molecule has 0 aromatic heterocycles. The van der Waals surface area contributed by atoms with Crippen LogP contribution in [0.3, 0.4) is 0 Å². The molecule has 1 saturated heterocycles. The van der Waals surface area contributed by atoms with E-state index in [9.17, 15) is 9.90 Å².